The molecule has 2 N–H and O–H groups in total. The van der Waals surface area contributed by atoms with Crippen molar-refractivity contribution >= 4 is 22.4 Å². The van der Waals surface area contributed by atoms with Crippen LogP contribution in [0.5, 0.6) is 0 Å². The van der Waals surface area contributed by atoms with Crippen LogP contribution in [0.2, 0.25) is 0 Å². The molecule has 5 heterocycles. The molecule has 1 aliphatic heterocycles. The number of hydrogen-bond acceptors (Lipinski definition) is 5. The summed E-state index contributed by atoms with van der Waals surface area (Å²) in [5, 5.41) is 9.38. The number of aromatic amines is 1. The van der Waals surface area contributed by atoms with Crippen LogP contribution in [0.15, 0.2) is 24.8 Å². The summed E-state index contributed by atoms with van der Waals surface area (Å²) < 4.78 is 1.87. The molecule has 7 heteroatoms. The van der Waals surface area contributed by atoms with Crippen molar-refractivity contribution < 1.29 is 0 Å². The van der Waals surface area contributed by atoms with Gasteiger partial charge in [0.2, 0.25) is 0 Å². The smallest absolute Gasteiger partial charge is 0.158 e. The summed E-state index contributed by atoms with van der Waals surface area (Å²) >= 11 is 0. The highest BCUT2D eigenvalue weighted by molar-refractivity contribution is 5.95. The predicted molar refractivity (Wildman–Crippen MR) is 135 cm³/mol. The Labute approximate surface area is 195 Å². The van der Waals surface area contributed by atoms with Crippen LogP contribution >= 0.6 is 0 Å². The molecule has 0 amide bonds. The minimum Gasteiger partial charge on any atom is -0.356 e. The lowest BCUT2D eigenvalue weighted by molar-refractivity contribution is 0.386. The fourth-order valence-corrected chi connectivity index (χ4v) is 5.45. The third-order valence-electron chi connectivity index (χ3n) is 6.88. The highest BCUT2D eigenvalue weighted by atomic mass is 15.3. The van der Waals surface area contributed by atoms with Crippen LogP contribution in [0.4, 0.5) is 5.82 Å². The van der Waals surface area contributed by atoms with Gasteiger partial charge in [-0.15, -0.1) is 0 Å². The molecule has 174 valence electrons. The van der Waals surface area contributed by atoms with E-state index in [1.807, 2.05) is 10.7 Å². The SMILES string of the molecule is Cc1c(N2CCC(NC(C)C)CC2)ncc2[nH]c(-c3cc(C)c4ncnn4c3)c(C(C)C)c12. The van der Waals surface area contributed by atoms with Crippen molar-refractivity contribution in [1.82, 2.24) is 29.9 Å². The second-order valence-electron chi connectivity index (χ2n) is 10.1. The van der Waals surface area contributed by atoms with Crippen molar-refractivity contribution in [3.63, 3.8) is 0 Å². The zero-order valence-electron chi connectivity index (χ0n) is 20.6. The Morgan fingerprint density at radius 2 is 1.85 bits per heavy atom. The molecular weight excluding hydrogens is 410 g/mol. The summed E-state index contributed by atoms with van der Waals surface area (Å²) in [6.07, 6.45) is 8.02. The molecule has 7 nitrogen and oxygen atoms in total. The molecule has 0 aliphatic carbocycles. The fraction of sp³-hybridized carbons (Fsp3) is 0.500. The number of fused-ring (bicyclic) bond motifs is 2. The van der Waals surface area contributed by atoms with Crippen molar-refractivity contribution in [2.24, 2.45) is 0 Å². The maximum atomic E-state index is 4.93. The van der Waals surface area contributed by atoms with Crippen LogP contribution in [0.1, 0.15) is 63.1 Å². The topological polar surface area (TPSA) is 74.1 Å². The number of nitrogens with one attached hydrogen (secondary N) is 2. The van der Waals surface area contributed by atoms with Gasteiger partial charge in [0.15, 0.2) is 5.65 Å². The third kappa shape index (κ3) is 3.88. The van der Waals surface area contributed by atoms with Gasteiger partial charge in [0.25, 0.3) is 0 Å². The maximum absolute atomic E-state index is 4.93. The van der Waals surface area contributed by atoms with Gasteiger partial charge in [-0.2, -0.15) is 5.10 Å². The number of piperidine rings is 1. The van der Waals surface area contributed by atoms with Crippen LogP contribution in [0.3, 0.4) is 0 Å². The second kappa shape index (κ2) is 8.45. The van der Waals surface area contributed by atoms with Crippen LogP contribution in [0, 0.1) is 13.8 Å². The molecule has 0 radical (unpaired) electrons. The van der Waals surface area contributed by atoms with E-state index in [1.54, 1.807) is 6.33 Å². The normalized spacial score (nSPS) is 15.6. The van der Waals surface area contributed by atoms with E-state index >= 15 is 0 Å². The van der Waals surface area contributed by atoms with Crippen molar-refractivity contribution in [1.29, 1.82) is 0 Å². The summed E-state index contributed by atoms with van der Waals surface area (Å²) in [6, 6.07) is 3.34. The van der Waals surface area contributed by atoms with Gasteiger partial charge in [0, 0.05) is 47.9 Å². The molecule has 1 aliphatic rings. The molecule has 4 aromatic rings. The molecule has 0 saturated carbocycles. The first kappa shape index (κ1) is 21.9. The molecule has 0 atom stereocenters. The molecule has 4 aromatic heterocycles. The fourth-order valence-electron chi connectivity index (χ4n) is 5.45. The maximum Gasteiger partial charge on any atom is 0.158 e. The van der Waals surface area contributed by atoms with E-state index in [2.05, 4.69) is 79.1 Å². The van der Waals surface area contributed by atoms with Crippen LogP contribution in [-0.2, 0) is 0 Å². The van der Waals surface area contributed by atoms with Crippen LogP contribution in [0.25, 0.3) is 27.8 Å². The van der Waals surface area contributed by atoms with Gasteiger partial charge in [0.1, 0.15) is 12.1 Å². The largest absolute Gasteiger partial charge is 0.356 e. The van der Waals surface area contributed by atoms with Gasteiger partial charge < -0.3 is 15.2 Å². The first-order chi connectivity index (χ1) is 15.8. The van der Waals surface area contributed by atoms with Gasteiger partial charge in [-0.25, -0.2) is 14.5 Å². The molecule has 1 saturated heterocycles. The molecule has 5 rings (SSSR count). The Morgan fingerprint density at radius 1 is 1.09 bits per heavy atom. The second-order valence-corrected chi connectivity index (χ2v) is 10.1. The average molecular weight is 446 g/mol. The first-order valence-corrected chi connectivity index (χ1v) is 12.2. The monoisotopic (exact) mass is 445 g/mol. The summed E-state index contributed by atoms with van der Waals surface area (Å²) in [5.74, 6) is 1.50. The summed E-state index contributed by atoms with van der Waals surface area (Å²) in [5.41, 5.74) is 8.02. The number of anilines is 1. The molecule has 0 spiro atoms. The number of hydrogen-bond donors (Lipinski definition) is 2. The van der Waals surface area contributed by atoms with Crippen molar-refractivity contribution in [3.8, 4) is 11.3 Å². The zero-order valence-corrected chi connectivity index (χ0v) is 20.6. The average Bonchev–Trinajstić information content (AvgIpc) is 3.39. The molecule has 0 bridgehead atoms. The van der Waals surface area contributed by atoms with Crippen molar-refractivity contribution in [2.45, 2.75) is 72.4 Å². The minimum atomic E-state index is 0.371. The van der Waals surface area contributed by atoms with Gasteiger partial charge in [0.05, 0.1) is 17.4 Å². The van der Waals surface area contributed by atoms with Crippen molar-refractivity contribution in [2.75, 3.05) is 18.0 Å². The van der Waals surface area contributed by atoms with E-state index in [0.717, 1.165) is 59.7 Å². The van der Waals surface area contributed by atoms with E-state index in [1.165, 1.54) is 16.5 Å². The van der Waals surface area contributed by atoms with E-state index in [0.29, 0.717) is 18.0 Å². The Balaban J connectivity index is 1.57. The summed E-state index contributed by atoms with van der Waals surface area (Å²) in [7, 11) is 0. The van der Waals surface area contributed by atoms with E-state index in [-0.39, 0.29) is 0 Å². The van der Waals surface area contributed by atoms with Gasteiger partial charge >= 0.3 is 0 Å². The Morgan fingerprint density at radius 3 is 2.55 bits per heavy atom. The number of rotatable bonds is 5. The molecule has 1 fully saturated rings. The highest BCUT2D eigenvalue weighted by Gasteiger charge is 2.25. The number of H-pyrrole nitrogens is 1. The lowest BCUT2D eigenvalue weighted by Gasteiger charge is -2.35. The lowest BCUT2D eigenvalue weighted by atomic mass is 9.94. The summed E-state index contributed by atoms with van der Waals surface area (Å²) in [4.78, 5) is 15.5. The quantitative estimate of drug-likeness (QED) is 0.453. The number of aryl methyl sites for hydroxylation is 2. The van der Waals surface area contributed by atoms with Crippen molar-refractivity contribution in [3.05, 3.63) is 41.5 Å². The van der Waals surface area contributed by atoms with Crippen LogP contribution in [-0.4, -0.2) is 49.7 Å². The minimum absolute atomic E-state index is 0.371. The molecule has 0 unspecified atom stereocenters. The third-order valence-corrected chi connectivity index (χ3v) is 6.88. The Hall–Kier alpha value is -2.93. The number of pyridine rings is 2. The van der Waals surface area contributed by atoms with E-state index < -0.39 is 0 Å². The summed E-state index contributed by atoms with van der Waals surface area (Å²) in [6.45, 7) is 15.4. The molecule has 0 aromatic carbocycles. The Kier molecular flexibility index (Phi) is 5.60. The molecular formula is C26H35N7. The standard InChI is InChI=1S/C26H35N7/c1-15(2)22-23-18(6)26(32-9-7-20(8-10-32)30-16(3)4)27-12-21(23)31-24(22)19-11-17(5)25-28-14-29-33(25)13-19/h11-16,20,30-31H,7-10H2,1-6H3. The molecule has 33 heavy (non-hydrogen) atoms. The van der Waals surface area contributed by atoms with Gasteiger partial charge in [-0.05, 0) is 49.8 Å². The van der Waals surface area contributed by atoms with Gasteiger partial charge in [-0.3, -0.25) is 0 Å². The van der Waals surface area contributed by atoms with E-state index in [9.17, 15) is 0 Å². The van der Waals surface area contributed by atoms with Crippen LogP contribution < -0.4 is 10.2 Å². The highest BCUT2D eigenvalue weighted by Crippen LogP contribution is 2.39. The Bertz CT molecular complexity index is 1290. The zero-order chi connectivity index (χ0) is 23.3. The van der Waals surface area contributed by atoms with E-state index in [4.69, 9.17) is 4.98 Å². The first-order valence-electron chi connectivity index (χ1n) is 12.2. The number of aromatic nitrogens is 5. The number of nitrogens with zero attached hydrogens (tertiary/aromatic N) is 5. The lowest BCUT2D eigenvalue weighted by Crippen LogP contribution is -2.45. The predicted octanol–water partition coefficient (Wildman–Crippen LogP) is 4.98. The van der Waals surface area contributed by atoms with Gasteiger partial charge in [-0.1, -0.05) is 27.7 Å².